The fourth-order valence-electron chi connectivity index (χ4n) is 0.835. The van der Waals surface area contributed by atoms with Gasteiger partial charge in [0.05, 0.1) is 21.9 Å². The molecule has 0 spiro atoms. The van der Waals surface area contributed by atoms with E-state index in [0.29, 0.717) is 5.73 Å². The van der Waals surface area contributed by atoms with Crippen molar-refractivity contribution in [3.63, 3.8) is 0 Å². The quantitative estimate of drug-likeness (QED) is 0.377. The van der Waals surface area contributed by atoms with Crippen LogP contribution in [0.25, 0.3) is 0 Å². The monoisotopic (exact) mass is 132 g/mol. The highest BCUT2D eigenvalue weighted by Gasteiger charge is 2.11. The van der Waals surface area contributed by atoms with Crippen molar-refractivity contribution in [2.24, 2.45) is 0 Å². The van der Waals surface area contributed by atoms with Gasteiger partial charge in [-0.05, 0) is 12.8 Å². The largest absolute Gasteiger partial charge is 0.238 e. The average Bonchev–Trinajstić information content (AvgIpc) is 1.90. The van der Waals surface area contributed by atoms with E-state index >= 15 is 0 Å². The number of hydrogen-bond acceptors (Lipinski definition) is 2. The highest BCUT2D eigenvalue weighted by atomic mass is 28.2. The second-order valence-corrected chi connectivity index (χ2v) is 3.82. The molecule has 48 valence electrons. The Morgan fingerprint density at radius 2 is 2.50 bits per heavy atom. The molecular weight excluding hydrogens is 120 g/mol. The number of hydrogen-bond donors (Lipinski definition) is 0. The molecule has 0 amide bonds. The summed E-state index contributed by atoms with van der Waals surface area (Å²) in [4.78, 5) is 9.80. The molecule has 2 nitrogen and oxygen atoms in total. The predicted molar refractivity (Wildman–Crippen MR) is 34.5 cm³/mol. The van der Waals surface area contributed by atoms with Gasteiger partial charge in [0.25, 0.3) is 0 Å². The van der Waals surface area contributed by atoms with Gasteiger partial charge in [0.2, 0.25) is 0 Å². The SMILES string of the molecule is C[SiH2]C1CCCOO1. The molecular formula is C5H12O2Si. The topological polar surface area (TPSA) is 18.5 Å². The molecule has 1 rings (SSSR count). The summed E-state index contributed by atoms with van der Waals surface area (Å²) in [7, 11) is 0.0210. The van der Waals surface area contributed by atoms with Gasteiger partial charge in [0.15, 0.2) is 0 Å². The second-order valence-electron chi connectivity index (χ2n) is 2.09. The van der Waals surface area contributed by atoms with Gasteiger partial charge in [-0.15, -0.1) is 0 Å². The van der Waals surface area contributed by atoms with Crippen LogP contribution in [0.4, 0.5) is 0 Å². The summed E-state index contributed by atoms with van der Waals surface area (Å²) in [6.45, 7) is 3.05. The first-order valence-electron chi connectivity index (χ1n) is 3.21. The van der Waals surface area contributed by atoms with E-state index in [2.05, 4.69) is 6.55 Å². The first-order valence-corrected chi connectivity index (χ1v) is 5.45. The van der Waals surface area contributed by atoms with Crippen LogP contribution in [0.5, 0.6) is 0 Å². The van der Waals surface area contributed by atoms with E-state index in [1.54, 1.807) is 0 Å². The summed E-state index contributed by atoms with van der Waals surface area (Å²) in [6, 6.07) is 0. The van der Waals surface area contributed by atoms with Crippen LogP contribution < -0.4 is 0 Å². The molecule has 1 saturated heterocycles. The van der Waals surface area contributed by atoms with Gasteiger partial charge in [-0.3, -0.25) is 0 Å². The Hall–Kier alpha value is 0.137. The van der Waals surface area contributed by atoms with Crippen molar-refractivity contribution in [3.8, 4) is 0 Å². The molecule has 1 unspecified atom stereocenters. The van der Waals surface area contributed by atoms with Gasteiger partial charge >= 0.3 is 0 Å². The predicted octanol–water partition coefficient (Wildman–Crippen LogP) is 0.271. The van der Waals surface area contributed by atoms with Crippen LogP contribution in [0.15, 0.2) is 0 Å². The van der Waals surface area contributed by atoms with E-state index in [4.69, 9.17) is 9.78 Å². The lowest BCUT2D eigenvalue weighted by Gasteiger charge is -2.18. The van der Waals surface area contributed by atoms with Crippen LogP contribution in [-0.4, -0.2) is 21.9 Å². The third-order valence-corrected chi connectivity index (χ3v) is 2.87. The minimum Gasteiger partial charge on any atom is -0.238 e. The van der Waals surface area contributed by atoms with Gasteiger partial charge in [-0.25, -0.2) is 9.78 Å². The van der Waals surface area contributed by atoms with E-state index < -0.39 is 0 Å². The summed E-state index contributed by atoms with van der Waals surface area (Å²) < 4.78 is 0. The molecule has 0 aliphatic carbocycles. The van der Waals surface area contributed by atoms with Crippen molar-refractivity contribution < 1.29 is 9.78 Å². The summed E-state index contributed by atoms with van der Waals surface area (Å²) in [5.74, 6) is 0. The molecule has 0 saturated carbocycles. The minimum absolute atomic E-state index is 0.0210. The van der Waals surface area contributed by atoms with Crippen molar-refractivity contribution in [3.05, 3.63) is 0 Å². The Morgan fingerprint density at radius 1 is 1.62 bits per heavy atom. The number of rotatable bonds is 1. The van der Waals surface area contributed by atoms with Gasteiger partial charge in [-0.2, -0.15) is 0 Å². The standard InChI is InChI=1S/C5H12O2Si/c1-8-5-3-2-4-6-7-5/h5H,2-4,8H2,1H3. The van der Waals surface area contributed by atoms with E-state index in [0.717, 1.165) is 6.61 Å². The smallest absolute Gasteiger partial charge is 0.0823 e. The van der Waals surface area contributed by atoms with E-state index in [1.807, 2.05) is 0 Å². The lowest BCUT2D eigenvalue weighted by molar-refractivity contribution is -0.326. The maximum absolute atomic E-state index is 4.99. The molecule has 0 radical (unpaired) electrons. The van der Waals surface area contributed by atoms with Crippen LogP contribution in [0.2, 0.25) is 6.55 Å². The zero-order valence-electron chi connectivity index (χ0n) is 5.22. The van der Waals surface area contributed by atoms with Gasteiger partial charge in [-0.1, -0.05) is 6.55 Å². The first kappa shape index (κ1) is 6.26. The Kier molecular flexibility index (Phi) is 2.52. The summed E-state index contributed by atoms with van der Waals surface area (Å²) in [6.07, 6.45) is 2.41. The normalized spacial score (nSPS) is 31.9. The molecule has 1 aliphatic rings. The molecule has 3 heteroatoms. The van der Waals surface area contributed by atoms with Gasteiger partial charge in [0, 0.05) is 0 Å². The van der Waals surface area contributed by atoms with Crippen molar-refractivity contribution in [2.75, 3.05) is 6.61 Å². The van der Waals surface area contributed by atoms with Crippen LogP contribution in [0.3, 0.4) is 0 Å². The molecule has 0 bridgehead atoms. The summed E-state index contributed by atoms with van der Waals surface area (Å²) in [5.41, 5.74) is 0.503. The first-order chi connectivity index (χ1) is 3.93. The van der Waals surface area contributed by atoms with Crippen molar-refractivity contribution in [1.82, 2.24) is 0 Å². The molecule has 1 heterocycles. The molecule has 0 aromatic rings. The lowest BCUT2D eigenvalue weighted by atomic mass is 10.3. The van der Waals surface area contributed by atoms with Crippen molar-refractivity contribution in [1.29, 1.82) is 0 Å². The maximum atomic E-state index is 4.99. The zero-order chi connectivity index (χ0) is 5.82. The zero-order valence-corrected chi connectivity index (χ0v) is 6.64. The van der Waals surface area contributed by atoms with E-state index in [-0.39, 0.29) is 9.52 Å². The van der Waals surface area contributed by atoms with Crippen LogP contribution in [-0.2, 0) is 9.78 Å². The minimum atomic E-state index is 0.0210. The van der Waals surface area contributed by atoms with Crippen molar-refractivity contribution in [2.45, 2.75) is 25.1 Å². The molecule has 0 aromatic heterocycles. The van der Waals surface area contributed by atoms with E-state index in [1.165, 1.54) is 12.8 Å². The van der Waals surface area contributed by atoms with Crippen LogP contribution in [0, 0.1) is 0 Å². The molecule has 0 N–H and O–H groups in total. The van der Waals surface area contributed by atoms with Crippen LogP contribution >= 0.6 is 0 Å². The van der Waals surface area contributed by atoms with Gasteiger partial charge < -0.3 is 0 Å². The Bertz CT molecular complexity index is 61.4. The highest BCUT2D eigenvalue weighted by Crippen LogP contribution is 2.07. The summed E-state index contributed by atoms with van der Waals surface area (Å²) in [5, 5.41) is 0. The van der Waals surface area contributed by atoms with Crippen LogP contribution in [0.1, 0.15) is 12.8 Å². The van der Waals surface area contributed by atoms with E-state index in [9.17, 15) is 0 Å². The summed E-state index contributed by atoms with van der Waals surface area (Å²) >= 11 is 0. The highest BCUT2D eigenvalue weighted by molar-refractivity contribution is 6.35. The lowest BCUT2D eigenvalue weighted by Crippen LogP contribution is -2.24. The molecule has 1 aliphatic heterocycles. The molecule has 1 fully saturated rings. The second kappa shape index (κ2) is 3.22. The third-order valence-electron chi connectivity index (χ3n) is 1.41. The molecule has 0 aromatic carbocycles. The van der Waals surface area contributed by atoms with Gasteiger partial charge in [0.1, 0.15) is 0 Å². The Balaban J connectivity index is 2.13. The third kappa shape index (κ3) is 1.58. The average molecular weight is 132 g/mol. The Morgan fingerprint density at radius 3 is 2.88 bits per heavy atom. The molecule has 8 heavy (non-hydrogen) atoms. The Labute approximate surface area is 51.9 Å². The maximum Gasteiger partial charge on any atom is 0.0823 e. The molecule has 1 atom stereocenters. The fraction of sp³-hybridized carbons (Fsp3) is 1.00. The fourth-order valence-corrected chi connectivity index (χ4v) is 1.76. The van der Waals surface area contributed by atoms with Crippen molar-refractivity contribution >= 4 is 9.52 Å².